The molecule has 0 amide bonds. The van der Waals surface area contributed by atoms with Gasteiger partial charge in [0.05, 0.1) is 11.0 Å². The highest BCUT2D eigenvalue weighted by Crippen LogP contribution is 2.35. The van der Waals surface area contributed by atoms with Gasteiger partial charge in [-0.2, -0.15) is 0 Å². The summed E-state index contributed by atoms with van der Waals surface area (Å²) < 4.78 is 3.76. The quantitative estimate of drug-likeness (QED) is 0.488. The minimum Gasteiger partial charge on any atom is -0.343 e. The van der Waals surface area contributed by atoms with Gasteiger partial charge < -0.3 is 4.57 Å². The van der Waals surface area contributed by atoms with Gasteiger partial charge in [0.2, 0.25) is 5.43 Å². The second kappa shape index (κ2) is 6.48. The number of aromatic nitrogens is 2. The third-order valence-corrected chi connectivity index (χ3v) is 6.10. The molecule has 0 radical (unpaired) electrons. The van der Waals surface area contributed by atoms with Gasteiger partial charge in [0.1, 0.15) is 5.39 Å². The van der Waals surface area contributed by atoms with E-state index in [0.29, 0.717) is 11.3 Å². The summed E-state index contributed by atoms with van der Waals surface area (Å²) in [6.07, 6.45) is 4.53. The first-order valence-electron chi connectivity index (χ1n) is 9.89. The number of rotatable bonds is 2. The molecule has 0 N–H and O–H groups in total. The van der Waals surface area contributed by atoms with Crippen molar-refractivity contribution in [2.24, 2.45) is 7.05 Å². The Hall–Kier alpha value is -3.14. The monoisotopic (exact) mass is 370 g/mol. The summed E-state index contributed by atoms with van der Waals surface area (Å²) >= 11 is 0. The second-order valence-corrected chi connectivity index (χ2v) is 7.69. The summed E-state index contributed by atoms with van der Waals surface area (Å²) in [5, 5.41) is 0.856. The van der Waals surface area contributed by atoms with E-state index in [4.69, 9.17) is 0 Å². The minimum atomic E-state index is -0.211. The Labute approximate surface area is 162 Å². The van der Waals surface area contributed by atoms with Gasteiger partial charge in [-0.05, 0) is 49.1 Å². The van der Waals surface area contributed by atoms with Crippen LogP contribution in [0.15, 0.2) is 70.3 Å². The Morgan fingerprint density at radius 3 is 2.29 bits per heavy atom. The van der Waals surface area contributed by atoms with Crippen molar-refractivity contribution in [1.82, 2.24) is 9.13 Å². The predicted octanol–water partition coefficient (Wildman–Crippen LogP) is 4.50. The lowest BCUT2D eigenvalue weighted by molar-refractivity contribution is 0.667. The molecule has 1 saturated carbocycles. The summed E-state index contributed by atoms with van der Waals surface area (Å²) in [7, 11) is 1.94. The molecule has 4 heteroatoms. The highest BCUT2D eigenvalue weighted by Gasteiger charge is 2.24. The van der Waals surface area contributed by atoms with Crippen LogP contribution in [0.4, 0.5) is 0 Å². The number of para-hydroxylation sites is 2. The van der Waals surface area contributed by atoms with Crippen LogP contribution in [0.1, 0.15) is 37.3 Å². The lowest BCUT2D eigenvalue weighted by Crippen LogP contribution is -2.28. The number of fused-ring (bicyclic) bond motifs is 2. The molecule has 1 aliphatic carbocycles. The van der Waals surface area contributed by atoms with Gasteiger partial charge in [-0.1, -0.05) is 43.2 Å². The average molecular weight is 370 g/mol. The largest absolute Gasteiger partial charge is 0.343 e. The number of nitrogens with zero attached hydrogens (tertiary/aromatic N) is 2. The van der Waals surface area contributed by atoms with E-state index in [-0.39, 0.29) is 16.4 Å². The fourth-order valence-electron chi connectivity index (χ4n) is 4.68. The molecule has 0 unspecified atom stereocenters. The maximum atomic E-state index is 13.7. The summed E-state index contributed by atoms with van der Waals surface area (Å²) in [5.74, 6) is 0.346. The average Bonchev–Trinajstić information content (AvgIpc) is 3.27. The van der Waals surface area contributed by atoms with E-state index in [0.717, 1.165) is 35.3 Å². The van der Waals surface area contributed by atoms with Crippen molar-refractivity contribution < 1.29 is 0 Å². The van der Waals surface area contributed by atoms with Crippen LogP contribution < -0.4 is 11.0 Å². The minimum absolute atomic E-state index is 0.184. The number of hydrogen-bond acceptors (Lipinski definition) is 2. The van der Waals surface area contributed by atoms with Gasteiger partial charge >= 0.3 is 0 Å². The topological polar surface area (TPSA) is 44.0 Å². The van der Waals surface area contributed by atoms with E-state index in [9.17, 15) is 9.59 Å². The summed E-state index contributed by atoms with van der Waals surface area (Å²) in [5.41, 5.74) is 3.03. The zero-order chi connectivity index (χ0) is 19.3. The highest BCUT2D eigenvalue weighted by molar-refractivity contribution is 5.93. The maximum absolute atomic E-state index is 13.7. The Morgan fingerprint density at radius 1 is 0.857 bits per heavy atom. The summed E-state index contributed by atoms with van der Waals surface area (Å²) in [6.45, 7) is 0. The molecule has 5 rings (SSSR count). The first kappa shape index (κ1) is 17.0. The van der Waals surface area contributed by atoms with Crippen LogP contribution in [0.25, 0.3) is 27.5 Å². The lowest BCUT2D eigenvalue weighted by Gasteiger charge is -2.20. The van der Waals surface area contributed by atoms with Gasteiger partial charge in [0.25, 0.3) is 5.56 Å². The Morgan fingerprint density at radius 2 is 1.54 bits per heavy atom. The van der Waals surface area contributed by atoms with Crippen LogP contribution in [-0.4, -0.2) is 9.13 Å². The van der Waals surface area contributed by atoms with Gasteiger partial charge in [0, 0.05) is 23.8 Å². The fraction of sp³-hybridized carbons (Fsp3) is 0.250. The van der Waals surface area contributed by atoms with Crippen LogP contribution in [-0.2, 0) is 7.05 Å². The molecule has 0 bridgehead atoms. The van der Waals surface area contributed by atoms with E-state index in [1.54, 1.807) is 10.6 Å². The molecular weight excluding hydrogens is 348 g/mol. The predicted molar refractivity (Wildman–Crippen MR) is 114 cm³/mol. The molecule has 0 aliphatic heterocycles. The molecule has 4 aromatic rings. The van der Waals surface area contributed by atoms with Crippen molar-refractivity contribution in [3.63, 3.8) is 0 Å². The molecule has 140 valence electrons. The lowest BCUT2D eigenvalue weighted by atomic mass is 10.00. The van der Waals surface area contributed by atoms with Crippen molar-refractivity contribution in [2.75, 3.05) is 0 Å². The highest BCUT2D eigenvalue weighted by atomic mass is 16.1. The van der Waals surface area contributed by atoms with Crippen LogP contribution in [0.2, 0.25) is 0 Å². The van der Waals surface area contributed by atoms with Crippen LogP contribution in [0.3, 0.4) is 0 Å². The molecule has 1 aliphatic rings. The SMILES string of the molecule is Cn1c2ccccc2c(=O)c2c(=O)n(-c3ccccc3)c(C3CCCC3)cc21. The molecule has 2 aromatic heterocycles. The second-order valence-electron chi connectivity index (χ2n) is 7.69. The van der Waals surface area contributed by atoms with Gasteiger partial charge in [-0.3, -0.25) is 14.2 Å². The van der Waals surface area contributed by atoms with E-state index >= 15 is 0 Å². The van der Waals surface area contributed by atoms with Gasteiger partial charge in [-0.25, -0.2) is 0 Å². The number of pyridine rings is 2. The Balaban J connectivity index is 1.97. The first-order valence-corrected chi connectivity index (χ1v) is 9.89. The number of aryl methyl sites for hydroxylation is 1. The van der Waals surface area contributed by atoms with Crippen LogP contribution in [0, 0.1) is 0 Å². The van der Waals surface area contributed by atoms with E-state index < -0.39 is 0 Å². The maximum Gasteiger partial charge on any atom is 0.268 e. The normalized spacial score (nSPS) is 14.9. The van der Waals surface area contributed by atoms with Crippen molar-refractivity contribution in [1.29, 1.82) is 0 Å². The third-order valence-electron chi connectivity index (χ3n) is 6.10. The molecule has 2 heterocycles. The van der Waals surface area contributed by atoms with Crippen molar-refractivity contribution in [3.8, 4) is 5.69 Å². The molecule has 2 aromatic carbocycles. The molecule has 28 heavy (non-hydrogen) atoms. The van der Waals surface area contributed by atoms with Crippen molar-refractivity contribution in [2.45, 2.75) is 31.6 Å². The zero-order valence-corrected chi connectivity index (χ0v) is 15.9. The van der Waals surface area contributed by atoms with Gasteiger partial charge in [-0.15, -0.1) is 0 Å². The van der Waals surface area contributed by atoms with E-state index in [2.05, 4.69) is 6.07 Å². The van der Waals surface area contributed by atoms with Crippen LogP contribution in [0.5, 0.6) is 0 Å². The summed E-state index contributed by atoms with van der Waals surface area (Å²) in [4.78, 5) is 26.9. The van der Waals surface area contributed by atoms with Crippen molar-refractivity contribution >= 4 is 21.8 Å². The Bertz CT molecular complexity index is 1310. The smallest absolute Gasteiger partial charge is 0.268 e. The molecule has 0 saturated heterocycles. The zero-order valence-electron chi connectivity index (χ0n) is 15.9. The third kappa shape index (κ3) is 2.44. The van der Waals surface area contributed by atoms with E-state index in [1.807, 2.05) is 60.1 Å². The summed E-state index contributed by atoms with van der Waals surface area (Å²) in [6, 6.07) is 19.3. The molecule has 0 spiro atoms. The van der Waals surface area contributed by atoms with E-state index in [1.165, 1.54) is 12.8 Å². The van der Waals surface area contributed by atoms with Gasteiger partial charge in [0.15, 0.2) is 0 Å². The fourth-order valence-corrected chi connectivity index (χ4v) is 4.68. The first-order chi connectivity index (χ1) is 13.7. The van der Waals surface area contributed by atoms with Crippen molar-refractivity contribution in [3.05, 3.63) is 86.9 Å². The molecular formula is C24H22N2O2. The number of hydrogen-bond donors (Lipinski definition) is 0. The molecule has 4 nitrogen and oxygen atoms in total. The molecule has 1 fully saturated rings. The molecule has 0 atom stereocenters. The standard InChI is InChI=1S/C24H22N2O2/c1-25-19-14-8-7-13-18(19)23(27)22-21(25)15-20(16-9-5-6-10-16)26(24(22)28)17-11-3-2-4-12-17/h2-4,7-8,11-16H,5-6,9-10H2,1H3. The Kier molecular flexibility index (Phi) is 3.93. The number of benzene rings is 2. The van der Waals surface area contributed by atoms with Crippen LogP contribution >= 0.6 is 0 Å².